The van der Waals surface area contributed by atoms with Gasteiger partial charge in [0.2, 0.25) is 0 Å². The first-order valence-corrected chi connectivity index (χ1v) is 7.39. The Morgan fingerprint density at radius 3 is 2.67 bits per heavy atom. The Balaban J connectivity index is 2.27. The molecular weight excluding hydrogens is 307 g/mol. The molecule has 110 valence electrons. The first kappa shape index (κ1) is 15.8. The van der Waals surface area contributed by atoms with Crippen molar-refractivity contribution in [2.45, 2.75) is 26.4 Å². The molecule has 0 saturated heterocycles. The fourth-order valence-corrected chi connectivity index (χ4v) is 2.41. The molecule has 0 fully saturated rings. The number of rotatable bonds is 4. The van der Waals surface area contributed by atoms with Crippen molar-refractivity contribution in [3.05, 3.63) is 63.9 Å². The summed E-state index contributed by atoms with van der Waals surface area (Å²) in [5.74, 6) is -0.136. The molecule has 0 aliphatic heterocycles. The Morgan fingerprint density at radius 2 is 2.05 bits per heavy atom. The molecule has 0 radical (unpaired) electrons. The number of benzene rings is 1. The normalized spacial score (nSPS) is 10.7. The van der Waals surface area contributed by atoms with Crippen LogP contribution in [0.5, 0.6) is 0 Å². The number of halogens is 2. The zero-order chi connectivity index (χ0) is 15.4. The van der Waals surface area contributed by atoms with Crippen molar-refractivity contribution < 1.29 is 4.79 Å². The summed E-state index contributed by atoms with van der Waals surface area (Å²) in [4.78, 5) is 18.4. The lowest BCUT2D eigenvalue weighted by Gasteiger charge is -2.27. The second kappa shape index (κ2) is 6.92. The van der Waals surface area contributed by atoms with E-state index in [0.29, 0.717) is 22.2 Å². The van der Waals surface area contributed by atoms with Gasteiger partial charge in [-0.3, -0.25) is 9.78 Å². The summed E-state index contributed by atoms with van der Waals surface area (Å²) in [6.07, 6.45) is 3.06. The van der Waals surface area contributed by atoms with Crippen molar-refractivity contribution in [3.8, 4) is 0 Å². The fraction of sp³-hybridized carbons (Fsp3) is 0.250. The van der Waals surface area contributed by atoms with Crippen LogP contribution in [0.15, 0.2) is 42.7 Å². The van der Waals surface area contributed by atoms with Crippen LogP contribution in [0.4, 0.5) is 0 Å². The van der Waals surface area contributed by atoms with E-state index in [1.807, 2.05) is 38.1 Å². The predicted octanol–water partition coefficient (Wildman–Crippen LogP) is 4.44. The van der Waals surface area contributed by atoms with E-state index in [0.717, 1.165) is 5.56 Å². The van der Waals surface area contributed by atoms with E-state index in [-0.39, 0.29) is 11.9 Å². The van der Waals surface area contributed by atoms with E-state index in [4.69, 9.17) is 23.2 Å². The average Bonchev–Trinajstić information content (AvgIpc) is 2.44. The molecule has 1 aromatic heterocycles. The summed E-state index contributed by atoms with van der Waals surface area (Å²) in [6.45, 7) is 4.40. The molecule has 1 amide bonds. The van der Waals surface area contributed by atoms with Crippen LogP contribution in [-0.4, -0.2) is 21.8 Å². The van der Waals surface area contributed by atoms with Crippen LogP contribution in [0.2, 0.25) is 10.0 Å². The first-order valence-electron chi connectivity index (χ1n) is 6.64. The van der Waals surface area contributed by atoms with Gasteiger partial charge in [-0.2, -0.15) is 0 Å². The second-order valence-electron chi connectivity index (χ2n) is 5.01. The van der Waals surface area contributed by atoms with Gasteiger partial charge in [0.15, 0.2) is 0 Å². The number of nitrogens with zero attached hydrogens (tertiary/aromatic N) is 2. The molecule has 0 spiro atoms. The van der Waals surface area contributed by atoms with Crippen molar-refractivity contribution in [1.29, 1.82) is 0 Å². The average molecular weight is 323 g/mol. The van der Waals surface area contributed by atoms with Crippen LogP contribution in [-0.2, 0) is 6.54 Å². The van der Waals surface area contributed by atoms with Gasteiger partial charge in [-0.1, -0.05) is 35.3 Å². The third-order valence-electron chi connectivity index (χ3n) is 3.12. The molecule has 2 rings (SSSR count). The Labute approximate surface area is 134 Å². The topological polar surface area (TPSA) is 33.2 Å². The molecular formula is C16H16Cl2N2O. The summed E-state index contributed by atoms with van der Waals surface area (Å²) in [6, 6.07) is 9.14. The van der Waals surface area contributed by atoms with Crippen molar-refractivity contribution >= 4 is 29.1 Å². The smallest absolute Gasteiger partial charge is 0.257 e. The van der Waals surface area contributed by atoms with Crippen molar-refractivity contribution in [2.75, 3.05) is 0 Å². The lowest BCUT2D eigenvalue weighted by molar-refractivity contribution is 0.0690. The van der Waals surface area contributed by atoms with Gasteiger partial charge in [-0.15, -0.1) is 0 Å². The van der Waals surface area contributed by atoms with Crippen LogP contribution in [0, 0.1) is 0 Å². The highest BCUT2D eigenvalue weighted by Crippen LogP contribution is 2.20. The van der Waals surface area contributed by atoms with Gasteiger partial charge in [-0.05, 0) is 37.6 Å². The molecule has 1 heterocycles. The molecule has 3 nitrogen and oxygen atoms in total. The standard InChI is InChI=1S/C16H16Cl2N2O/c1-11(2)20(10-12-4-3-5-13(17)8-12)16(21)14-9-19-7-6-15(14)18/h3-9,11H,10H2,1-2H3. The van der Waals surface area contributed by atoms with E-state index in [9.17, 15) is 4.79 Å². The maximum Gasteiger partial charge on any atom is 0.257 e. The van der Waals surface area contributed by atoms with Gasteiger partial charge in [0.25, 0.3) is 5.91 Å². The van der Waals surface area contributed by atoms with E-state index in [1.54, 1.807) is 17.2 Å². The maximum atomic E-state index is 12.7. The molecule has 2 aromatic rings. The predicted molar refractivity (Wildman–Crippen MR) is 85.7 cm³/mol. The monoisotopic (exact) mass is 322 g/mol. The minimum atomic E-state index is -0.136. The van der Waals surface area contributed by atoms with Gasteiger partial charge in [-0.25, -0.2) is 0 Å². The number of carbonyl (C=O) groups excluding carboxylic acids is 1. The largest absolute Gasteiger partial charge is 0.332 e. The Hall–Kier alpha value is -1.58. The van der Waals surface area contributed by atoms with Crippen LogP contribution >= 0.6 is 23.2 Å². The number of carbonyl (C=O) groups is 1. The molecule has 0 aliphatic rings. The molecule has 0 unspecified atom stereocenters. The number of amides is 1. The quantitative estimate of drug-likeness (QED) is 0.833. The van der Waals surface area contributed by atoms with Crippen LogP contribution in [0.1, 0.15) is 29.8 Å². The fourth-order valence-electron chi connectivity index (χ4n) is 2.01. The zero-order valence-electron chi connectivity index (χ0n) is 11.9. The molecule has 0 aliphatic carbocycles. The summed E-state index contributed by atoms with van der Waals surface area (Å²) >= 11 is 12.1. The van der Waals surface area contributed by atoms with Crippen molar-refractivity contribution in [2.24, 2.45) is 0 Å². The second-order valence-corrected chi connectivity index (χ2v) is 5.86. The maximum absolute atomic E-state index is 12.7. The van der Waals surface area contributed by atoms with Gasteiger partial charge in [0.05, 0.1) is 10.6 Å². The molecule has 1 aromatic carbocycles. The molecule has 21 heavy (non-hydrogen) atoms. The Kier molecular flexibility index (Phi) is 5.21. The summed E-state index contributed by atoms with van der Waals surface area (Å²) in [5, 5.41) is 1.06. The van der Waals surface area contributed by atoms with Gasteiger partial charge in [0, 0.05) is 30.0 Å². The number of pyridine rings is 1. The Bertz CT molecular complexity index is 644. The minimum Gasteiger partial charge on any atom is -0.332 e. The lowest BCUT2D eigenvalue weighted by Crippen LogP contribution is -2.36. The van der Waals surface area contributed by atoms with Crippen LogP contribution in [0.25, 0.3) is 0 Å². The summed E-state index contributed by atoms with van der Waals surface area (Å²) in [5.41, 5.74) is 1.39. The number of hydrogen-bond donors (Lipinski definition) is 0. The van der Waals surface area contributed by atoms with E-state index in [2.05, 4.69) is 4.98 Å². The number of hydrogen-bond acceptors (Lipinski definition) is 2. The van der Waals surface area contributed by atoms with E-state index in [1.165, 1.54) is 6.20 Å². The minimum absolute atomic E-state index is 0.0350. The molecule has 0 saturated carbocycles. The summed E-state index contributed by atoms with van der Waals surface area (Å²) < 4.78 is 0. The van der Waals surface area contributed by atoms with Crippen LogP contribution < -0.4 is 0 Å². The highest BCUT2D eigenvalue weighted by atomic mass is 35.5. The SMILES string of the molecule is CC(C)N(Cc1cccc(Cl)c1)C(=O)c1cnccc1Cl. The van der Waals surface area contributed by atoms with Gasteiger partial charge < -0.3 is 4.90 Å². The van der Waals surface area contributed by atoms with Crippen molar-refractivity contribution in [1.82, 2.24) is 9.88 Å². The molecule has 0 bridgehead atoms. The van der Waals surface area contributed by atoms with Gasteiger partial charge >= 0.3 is 0 Å². The highest BCUT2D eigenvalue weighted by molar-refractivity contribution is 6.33. The van der Waals surface area contributed by atoms with Crippen molar-refractivity contribution in [3.63, 3.8) is 0 Å². The summed E-state index contributed by atoms with van der Waals surface area (Å²) in [7, 11) is 0. The first-order chi connectivity index (χ1) is 9.99. The number of aromatic nitrogens is 1. The molecule has 0 N–H and O–H groups in total. The van der Waals surface area contributed by atoms with Crippen LogP contribution in [0.3, 0.4) is 0 Å². The molecule has 5 heteroatoms. The van der Waals surface area contributed by atoms with E-state index < -0.39 is 0 Å². The third kappa shape index (κ3) is 3.96. The third-order valence-corrected chi connectivity index (χ3v) is 3.69. The Morgan fingerprint density at radius 1 is 1.29 bits per heavy atom. The molecule has 0 atom stereocenters. The lowest BCUT2D eigenvalue weighted by atomic mass is 10.1. The highest BCUT2D eigenvalue weighted by Gasteiger charge is 2.21. The van der Waals surface area contributed by atoms with E-state index >= 15 is 0 Å². The van der Waals surface area contributed by atoms with Gasteiger partial charge in [0.1, 0.15) is 0 Å². The zero-order valence-corrected chi connectivity index (χ0v) is 13.4.